The number of halogens is 1. The molecular formula is C12H23ClN4O2. The highest BCUT2D eigenvalue weighted by Gasteiger charge is 2.44. The van der Waals surface area contributed by atoms with Gasteiger partial charge in [-0.1, -0.05) is 0 Å². The Morgan fingerprint density at radius 3 is 2.53 bits per heavy atom. The van der Waals surface area contributed by atoms with Crippen LogP contribution in [0.2, 0.25) is 0 Å². The van der Waals surface area contributed by atoms with Crippen molar-refractivity contribution >= 4 is 24.3 Å². The molecule has 2 aliphatic heterocycles. The highest BCUT2D eigenvalue weighted by Crippen LogP contribution is 2.16. The van der Waals surface area contributed by atoms with E-state index in [-0.39, 0.29) is 24.3 Å². The minimum absolute atomic E-state index is 0. The molecule has 0 aromatic rings. The predicted octanol–water partition coefficient (Wildman–Crippen LogP) is 0.0323. The summed E-state index contributed by atoms with van der Waals surface area (Å²) in [5.41, 5.74) is -0.758. The third-order valence-electron chi connectivity index (χ3n) is 3.69. The van der Waals surface area contributed by atoms with E-state index in [9.17, 15) is 9.59 Å². The van der Waals surface area contributed by atoms with E-state index in [1.807, 2.05) is 0 Å². The predicted molar refractivity (Wildman–Crippen MR) is 75.5 cm³/mol. The minimum Gasteiger partial charge on any atom is -0.324 e. The molecule has 0 aliphatic carbocycles. The first-order valence-corrected chi connectivity index (χ1v) is 6.51. The van der Waals surface area contributed by atoms with Crippen LogP contribution in [0.15, 0.2) is 0 Å². The standard InChI is InChI=1S/C12H22N4O2.ClH/c1-9-8-13-4-5-15(9)6-7-16-10(17)12(2,3)14-11(16)18;/h9,13H,4-8H2,1-3H3,(H,14,18);1H/t9-;/m0./s1. The summed E-state index contributed by atoms with van der Waals surface area (Å²) in [7, 11) is 0. The number of imide groups is 1. The number of rotatable bonds is 3. The van der Waals surface area contributed by atoms with Crippen LogP contribution in [0.25, 0.3) is 0 Å². The number of nitrogens with one attached hydrogen (secondary N) is 2. The molecule has 2 fully saturated rings. The Balaban J connectivity index is 0.00000180. The average Bonchev–Trinajstić information content (AvgIpc) is 2.49. The van der Waals surface area contributed by atoms with Crippen molar-refractivity contribution in [1.29, 1.82) is 0 Å². The Morgan fingerprint density at radius 1 is 1.32 bits per heavy atom. The maximum absolute atomic E-state index is 12.0. The zero-order valence-corrected chi connectivity index (χ0v) is 12.5. The van der Waals surface area contributed by atoms with E-state index in [2.05, 4.69) is 22.5 Å². The Morgan fingerprint density at radius 2 is 2.00 bits per heavy atom. The first-order chi connectivity index (χ1) is 8.42. The van der Waals surface area contributed by atoms with E-state index in [1.165, 1.54) is 4.90 Å². The molecule has 0 radical (unpaired) electrons. The molecule has 2 saturated heterocycles. The van der Waals surface area contributed by atoms with E-state index in [0.29, 0.717) is 12.6 Å². The van der Waals surface area contributed by atoms with Crippen molar-refractivity contribution in [3.63, 3.8) is 0 Å². The minimum atomic E-state index is -0.758. The van der Waals surface area contributed by atoms with Gasteiger partial charge in [-0.25, -0.2) is 4.79 Å². The fourth-order valence-corrected chi connectivity index (χ4v) is 2.46. The van der Waals surface area contributed by atoms with Crippen molar-refractivity contribution in [3.8, 4) is 0 Å². The monoisotopic (exact) mass is 290 g/mol. The second kappa shape index (κ2) is 6.07. The molecule has 0 aromatic carbocycles. The maximum atomic E-state index is 12.0. The van der Waals surface area contributed by atoms with Gasteiger partial charge in [-0.05, 0) is 20.8 Å². The first kappa shape index (κ1) is 16.2. The van der Waals surface area contributed by atoms with Crippen molar-refractivity contribution in [2.75, 3.05) is 32.7 Å². The molecule has 3 amide bonds. The quantitative estimate of drug-likeness (QED) is 0.720. The molecule has 7 heteroatoms. The van der Waals surface area contributed by atoms with Gasteiger partial charge in [0.2, 0.25) is 0 Å². The summed E-state index contributed by atoms with van der Waals surface area (Å²) in [6.07, 6.45) is 0. The van der Waals surface area contributed by atoms with Gasteiger partial charge in [0, 0.05) is 38.8 Å². The number of amides is 3. The number of hydrogen-bond acceptors (Lipinski definition) is 4. The summed E-state index contributed by atoms with van der Waals surface area (Å²) in [6.45, 7) is 9.75. The Hall–Kier alpha value is -0.850. The highest BCUT2D eigenvalue weighted by atomic mass is 35.5. The molecule has 0 unspecified atom stereocenters. The van der Waals surface area contributed by atoms with Gasteiger partial charge in [0.1, 0.15) is 5.54 Å². The zero-order valence-electron chi connectivity index (χ0n) is 11.7. The highest BCUT2D eigenvalue weighted by molar-refractivity contribution is 6.06. The van der Waals surface area contributed by atoms with Crippen molar-refractivity contribution in [1.82, 2.24) is 20.4 Å². The van der Waals surface area contributed by atoms with E-state index in [4.69, 9.17) is 0 Å². The Labute approximate surface area is 120 Å². The van der Waals surface area contributed by atoms with Gasteiger partial charge < -0.3 is 10.6 Å². The summed E-state index contributed by atoms with van der Waals surface area (Å²) in [5, 5.41) is 6.02. The molecule has 0 bridgehead atoms. The Bertz CT molecular complexity index is 362. The molecule has 2 aliphatic rings. The van der Waals surface area contributed by atoms with Crippen LogP contribution in [0.5, 0.6) is 0 Å². The Kier molecular flexibility index (Phi) is 5.18. The van der Waals surface area contributed by atoms with Crippen molar-refractivity contribution < 1.29 is 9.59 Å². The van der Waals surface area contributed by atoms with Crippen LogP contribution < -0.4 is 10.6 Å². The second-order valence-electron chi connectivity index (χ2n) is 5.60. The summed E-state index contributed by atoms with van der Waals surface area (Å²) >= 11 is 0. The molecule has 0 spiro atoms. The first-order valence-electron chi connectivity index (χ1n) is 6.51. The third kappa shape index (κ3) is 3.38. The topological polar surface area (TPSA) is 64.7 Å². The largest absolute Gasteiger partial charge is 0.325 e. The third-order valence-corrected chi connectivity index (χ3v) is 3.69. The van der Waals surface area contributed by atoms with Gasteiger partial charge >= 0.3 is 6.03 Å². The maximum Gasteiger partial charge on any atom is 0.325 e. The van der Waals surface area contributed by atoms with Crippen LogP contribution >= 0.6 is 12.4 Å². The fourth-order valence-electron chi connectivity index (χ4n) is 2.46. The van der Waals surface area contributed by atoms with Crippen LogP contribution in [0.4, 0.5) is 4.79 Å². The number of nitrogens with zero attached hydrogens (tertiary/aromatic N) is 2. The summed E-state index contributed by atoms with van der Waals surface area (Å²) in [5.74, 6) is -0.129. The van der Waals surface area contributed by atoms with Crippen molar-refractivity contribution in [2.24, 2.45) is 0 Å². The lowest BCUT2D eigenvalue weighted by atomic mass is 10.1. The van der Waals surface area contributed by atoms with Gasteiger partial charge in [0.05, 0.1) is 0 Å². The van der Waals surface area contributed by atoms with Gasteiger partial charge in [-0.15, -0.1) is 12.4 Å². The van der Waals surface area contributed by atoms with Crippen LogP contribution in [-0.2, 0) is 4.79 Å². The molecule has 2 rings (SSSR count). The lowest BCUT2D eigenvalue weighted by molar-refractivity contribution is -0.130. The molecule has 6 nitrogen and oxygen atoms in total. The summed E-state index contributed by atoms with van der Waals surface area (Å²) in [4.78, 5) is 27.4. The molecule has 0 saturated carbocycles. The van der Waals surface area contributed by atoms with Crippen LogP contribution in [-0.4, -0.2) is 66.0 Å². The van der Waals surface area contributed by atoms with Crippen LogP contribution in [0.1, 0.15) is 20.8 Å². The number of carbonyl (C=O) groups is 2. The molecule has 110 valence electrons. The number of hydrogen-bond donors (Lipinski definition) is 2. The molecule has 2 N–H and O–H groups in total. The molecule has 19 heavy (non-hydrogen) atoms. The molecular weight excluding hydrogens is 268 g/mol. The lowest BCUT2D eigenvalue weighted by Gasteiger charge is -2.34. The van der Waals surface area contributed by atoms with Gasteiger partial charge in [0.15, 0.2) is 0 Å². The smallest absolute Gasteiger partial charge is 0.324 e. The van der Waals surface area contributed by atoms with Crippen molar-refractivity contribution in [2.45, 2.75) is 32.4 Å². The summed E-state index contributed by atoms with van der Waals surface area (Å²) in [6, 6.07) is 0.181. The SMILES string of the molecule is C[C@H]1CNCCN1CCN1C(=O)NC(C)(C)C1=O.Cl. The summed E-state index contributed by atoms with van der Waals surface area (Å²) < 4.78 is 0. The van der Waals surface area contributed by atoms with E-state index >= 15 is 0 Å². The zero-order chi connectivity index (χ0) is 13.3. The molecule has 2 heterocycles. The van der Waals surface area contributed by atoms with Crippen LogP contribution in [0.3, 0.4) is 0 Å². The molecule has 1 atom stereocenters. The van der Waals surface area contributed by atoms with Gasteiger partial charge in [-0.2, -0.15) is 0 Å². The fraction of sp³-hybridized carbons (Fsp3) is 0.833. The van der Waals surface area contributed by atoms with E-state index < -0.39 is 5.54 Å². The molecule has 0 aromatic heterocycles. The van der Waals surface area contributed by atoms with Gasteiger partial charge in [-0.3, -0.25) is 14.6 Å². The average molecular weight is 291 g/mol. The lowest BCUT2D eigenvalue weighted by Crippen LogP contribution is -2.52. The second-order valence-corrected chi connectivity index (χ2v) is 5.60. The number of urea groups is 1. The van der Waals surface area contributed by atoms with E-state index in [0.717, 1.165) is 26.2 Å². The van der Waals surface area contributed by atoms with E-state index in [1.54, 1.807) is 13.8 Å². The number of carbonyl (C=O) groups excluding carboxylic acids is 2. The van der Waals surface area contributed by atoms with Gasteiger partial charge in [0.25, 0.3) is 5.91 Å². The van der Waals surface area contributed by atoms with Crippen molar-refractivity contribution in [3.05, 3.63) is 0 Å². The van der Waals surface area contributed by atoms with Crippen LogP contribution in [0, 0.1) is 0 Å². The normalized spacial score (nSPS) is 27.1. The number of piperazine rings is 1.